The molecular weight excluding hydrogens is 343 g/mol. The Morgan fingerprint density at radius 3 is 2.62 bits per heavy atom. The number of nitrogens with one attached hydrogen (secondary N) is 2. The van der Waals surface area contributed by atoms with Crippen molar-refractivity contribution in [3.05, 3.63) is 58.4 Å². The molecule has 0 aliphatic carbocycles. The first-order valence-corrected chi connectivity index (χ1v) is 9.71. The van der Waals surface area contributed by atoms with Gasteiger partial charge in [-0.25, -0.2) is 4.39 Å². The molecule has 0 amide bonds. The number of fused-ring (bicyclic) bond motifs is 2. The van der Waals surface area contributed by atoms with Crippen LogP contribution < -0.4 is 9.80 Å². The van der Waals surface area contributed by atoms with E-state index in [4.69, 9.17) is 11.6 Å². The second-order valence-electron chi connectivity index (χ2n) is 6.91. The Hall–Kier alpha value is -1.07. The maximum Gasteiger partial charge on any atom is 0.127 e. The van der Waals surface area contributed by atoms with Crippen molar-refractivity contribution in [3.8, 4) is 0 Å². The number of rotatable bonds is 1. The number of halogens is 2. The van der Waals surface area contributed by atoms with Gasteiger partial charge in [0.25, 0.3) is 0 Å². The Morgan fingerprint density at radius 1 is 1.04 bits per heavy atom. The van der Waals surface area contributed by atoms with Crippen molar-refractivity contribution in [1.82, 2.24) is 0 Å². The number of hydrogen-bond donors (Lipinski definition) is 2. The highest BCUT2D eigenvalue weighted by molar-refractivity contribution is 7.99. The summed E-state index contributed by atoms with van der Waals surface area (Å²) in [5, 5.41) is 0.781. The average molecular weight is 365 g/mol. The van der Waals surface area contributed by atoms with Crippen LogP contribution in [0.5, 0.6) is 0 Å². The van der Waals surface area contributed by atoms with E-state index in [9.17, 15) is 4.39 Å². The smallest absolute Gasteiger partial charge is 0.127 e. The zero-order valence-electron chi connectivity index (χ0n) is 13.7. The van der Waals surface area contributed by atoms with Crippen molar-refractivity contribution in [3.63, 3.8) is 0 Å². The molecule has 0 saturated carbocycles. The Kier molecular flexibility index (Phi) is 4.56. The molecule has 2 N–H and O–H groups in total. The van der Waals surface area contributed by atoms with Gasteiger partial charge in [-0.3, -0.25) is 0 Å². The fourth-order valence-corrected chi connectivity index (χ4v) is 5.19. The molecule has 4 rings (SSSR count). The van der Waals surface area contributed by atoms with Crippen LogP contribution in [0.25, 0.3) is 0 Å². The summed E-state index contributed by atoms with van der Waals surface area (Å²) in [6, 6.07) is 11.8. The predicted molar refractivity (Wildman–Crippen MR) is 95.7 cm³/mol. The van der Waals surface area contributed by atoms with Gasteiger partial charge in [0.05, 0.1) is 7.05 Å². The molecule has 2 aromatic carbocycles. The molecule has 2 nitrogen and oxygen atoms in total. The minimum Gasteiger partial charge on any atom is -0.328 e. The van der Waals surface area contributed by atoms with E-state index in [1.54, 1.807) is 33.7 Å². The first-order chi connectivity index (χ1) is 11.6. The SMILES string of the molecule is C[NH+]1CC[NH+]([C@H]2Cc3cc(Cl)ccc3Sc3cc(F)ccc32)CC1. The van der Waals surface area contributed by atoms with Crippen LogP contribution in [0, 0.1) is 5.82 Å². The van der Waals surface area contributed by atoms with E-state index in [0.29, 0.717) is 6.04 Å². The van der Waals surface area contributed by atoms with Crippen LogP contribution in [-0.4, -0.2) is 33.2 Å². The van der Waals surface area contributed by atoms with Crippen LogP contribution in [0.3, 0.4) is 0 Å². The topological polar surface area (TPSA) is 8.88 Å². The van der Waals surface area contributed by atoms with Gasteiger partial charge in [0.2, 0.25) is 0 Å². The lowest BCUT2D eigenvalue weighted by atomic mass is 9.96. The lowest BCUT2D eigenvalue weighted by Gasteiger charge is -2.33. The number of piperazine rings is 1. The van der Waals surface area contributed by atoms with Crippen molar-refractivity contribution in [1.29, 1.82) is 0 Å². The molecule has 0 bridgehead atoms. The number of likely N-dealkylation sites (N-methyl/N-ethyl adjacent to an activating group) is 1. The lowest BCUT2D eigenvalue weighted by molar-refractivity contribution is -1.02. The van der Waals surface area contributed by atoms with Gasteiger partial charge >= 0.3 is 0 Å². The standard InChI is InChI=1S/C19H20ClFN2S/c1-22-6-8-23(9-7-22)17-11-13-10-14(20)2-5-18(13)24-19-12-15(21)3-4-16(17)19/h2-5,10,12,17H,6-9,11H2,1H3/p+2/t17-/m0/s1. The first-order valence-electron chi connectivity index (χ1n) is 8.52. The molecular formula is C19H22ClFN2S+2. The van der Waals surface area contributed by atoms with Gasteiger partial charge in [-0.05, 0) is 42.0 Å². The van der Waals surface area contributed by atoms with E-state index in [1.807, 2.05) is 12.1 Å². The largest absolute Gasteiger partial charge is 0.328 e. The molecule has 0 unspecified atom stereocenters. The molecule has 5 heteroatoms. The summed E-state index contributed by atoms with van der Waals surface area (Å²) in [4.78, 5) is 5.47. The third kappa shape index (κ3) is 3.21. The summed E-state index contributed by atoms with van der Waals surface area (Å²) in [5.74, 6) is -0.157. The molecule has 2 aromatic rings. The highest BCUT2D eigenvalue weighted by Gasteiger charge is 2.33. The Bertz CT molecular complexity index is 759. The highest BCUT2D eigenvalue weighted by atomic mass is 35.5. The minimum absolute atomic E-state index is 0.157. The van der Waals surface area contributed by atoms with Crippen LogP contribution in [0.15, 0.2) is 46.2 Å². The van der Waals surface area contributed by atoms with E-state index in [-0.39, 0.29) is 5.82 Å². The second kappa shape index (κ2) is 6.68. The van der Waals surface area contributed by atoms with Crippen LogP contribution in [-0.2, 0) is 6.42 Å². The molecule has 2 aliphatic rings. The summed E-state index contributed by atoms with van der Waals surface area (Å²) in [6.45, 7) is 4.71. The lowest BCUT2D eigenvalue weighted by Crippen LogP contribution is -3.27. The zero-order valence-corrected chi connectivity index (χ0v) is 15.3. The van der Waals surface area contributed by atoms with Gasteiger partial charge < -0.3 is 9.80 Å². The summed E-state index contributed by atoms with van der Waals surface area (Å²) in [5.41, 5.74) is 2.57. The monoisotopic (exact) mass is 364 g/mol. The van der Waals surface area contributed by atoms with E-state index in [2.05, 4.69) is 19.2 Å². The normalized spacial score (nSPS) is 26.4. The fraction of sp³-hybridized carbons (Fsp3) is 0.368. The van der Waals surface area contributed by atoms with E-state index in [0.717, 1.165) is 29.4 Å². The average Bonchev–Trinajstić information content (AvgIpc) is 2.71. The summed E-state index contributed by atoms with van der Waals surface area (Å²) >= 11 is 7.92. The number of benzene rings is 2. The molecule has 0 spiro atoms. The maximum atomic E-state index is 13.8. The Balaban J connectivity index is 1.77. The van der Waals surface area contributed by atoms with Crippen molar-refractivity contribution in [2.75, 3.05) is 33.2 Å². The van der Waals surface area contributed by atoms with Crippen molar-refractivity contribution >= 4 is 23.4 Å². The van der Waals surface area contributed by atoms with Gasteiger partial charge in [-0.1, -0.05) is 23.4 Å². The van der Waals surface area contributed by atoms with Crippen molar-refractivity contribution in [2.45, 2.75) is 22.3 Å². The van der Waals surface area contributed by atoms with Gasteiger partial charge in [-0.2, -0.15) is 0 Å². The molecule has 1 saturated heterocycles. The first kappa shape index (κ1) is 16.4. The fourth-order valence-electron chi connectivity index (χ4n) is 3.85. The Labute approximate surface area is 151 Å². The molecule has 2 heterocycles. The molecule has 24 heavy (non-hydrogen) atoms. The minimum atomic E-state index is -0.157. The Morgan fingerprint density at radius 2 is 1.83 bits per heavy atom. The van der Waals surface area contributed by atoms with Gasteiger partial charge in [0, 0.05) is 26.8 Å². The van der Waals surface area contributed by atoms with Crippen LogP contribution >= 0.6 is 23.4 Å². The quantitative estimate of drug-likeness (QED) is 0.782. The zero-order chi connectivity index (χ0) is 16.7. The van der Waals surface area contributed by atoms with Crippen LogP contribution in [0.1, 0.15) is 17.2 Å². The van der Waals surface area contributed by atoms with E-state index >= 15 is 0 Å². The number of hydrogen-bond acceptors (Lipinski definition) is 1. The number of quaternary nitrogens is 2. The molecule has 2 aliphatic heterocycles. The maximum absolute atomic E-state index is 13.8. The summed E-state index contributed by atoms with van der Waals surface area (Å²) < 4.78 is 13.8. The van der Waals surface area contributed by atoms with Gasteiger partial charge in [0.15, 0.2) is 0 Å². The van der Waals surface area contributed by atoms with Crippen LogP contribution in [0.2, 0.25) is 5.02 Å². The second-order valence-corrected chi connectivity index (χ2v) is 8.43. The van der Waals surface area contributed by atoms with Crippen molar-refractivity contribution < 1.29 is 14.2 Å². The predicted octanol–water partition coefficient (Wildman–Crippen LogP) is 1.64. The van der Waals surface area contributed by atoms with E-state index in [1.165, 1.54) is 29.1 Å². The van der Waals surface area contributed by atoms with E-state index < -0.39 is 0 Å². The molecule has 126 valence electrons. The molecule has 1 fully saturated rings. The van der Waals surface area contributed by atoms with Gasteiger partial charge in [0.1, 0.15) is 38.0 Å². The third-order valence-corrected chi connectivity index (χ3v) is 6.68. The molecule has 0 radical (unpaired) electrons. The molecule has 1 atom stereocenters. The molecule has 0 aromatic heterocycles. The van der Waals surface area contributed by atoms with Crippen LogP contribution in [0.4, 0.5) is 4.39 Å². The summed E-state index contributed by atoms with van der Waals surface area (Å²) in [7, 11) is 2.26. The highest BCUT2D eigenvalue weighted by Crippen LogP contribution is 2.41. The summed E-state index contributed by atoms with van der Waals surface area (Å²) in [6.07, 6.45) is 0.968. The third-order valence-electron chi connectivity index (χ3n) is 5.26. The van der Waals surface area contributed by atoms with Crippen molar-refractivity contribution in [2.24, 2.45) is 0 Å². The van der Waals surface area contributed by atoms with Gasteiger partial charge in [-0.15, -0.1) is 0 Å².